The second kappa shape index (κ2) is 4.05. The predicted molar refractivity (Wildman–Crippen MR) is 70.1 cm³/mol. The molecule has 104 valence electrons. The fourth-order valence-corrected chi connectivity index (χ4v) is 5.47. The SMILES string of the molecule is NC1CN(CC2C3CC4CC(C3)CC2C4)C(=O)C1=O. The highest BCUT2D eigenvalue weighted by Gasteiger charge is 2.49. The molecule has 1 heterocycles. The van der Waals surface area contributed by atoms with Crippen molar-refractivity contribution in [2.24, 2.45) is 35.3 Å². The summed E-state index contributed by atoms with van der Waals surface area (Å²) in [6.45, 7) is 1.23. The van der Waals surface area contributed by atoms with E-state index in [1.807, 2.05) is 0 Å². The van der Waals surface area contributed by atoms with Gasteiger partial charge in [-0.2, -0.15) is 0 Å². The van der Waals surface area contributed by atoms with Gasteiger partial charge in [-0.05, 0) is 61.7 Å². The van der Waals surface area contributed by atoms with Crippen LogP contribution in [-0.2, 0) is 9.59 Å². The Morgan fingerprint density at radius 3 is 2.05 bits per heavy atom. The molecule has 4 nitrogen and oxygen atoms in total. The first-order valence-corrected chi connectivity index (χ1v) is 7.70. The molecule has 1 saturated heterocycles. The van der Waals surface area contributed by atoms with Crippen molar-refractivity contribution in [3.05, 3.63) is 0 Å². The molecule has 5 aliphatic rings. The number of likely N-dealkylation sites (tertiary alicyclic amines) is 1. The van der Waals surface area contributed by atoms with Gasteiger partial charge >= 0.3 is 0 Å². The third-order valence-electron chi connectivity index (χ3n) is 6.11. The highest BCUT2D eigenvalue weighted by atomic mass is 16.2. The minimum atomic E-state index is -0.579. The van der Waals surface area contributed by atoms with Crippen LogP contribution >= 0.6 is 0 Å². The summed E-state index contributed by atoms with van der Waals surface area (Å²) < 4.78 is 0. The Balaban J connectivity index is 1.49. The van der Waals surface area contributed by atoms with E-state index in [1.54, 1.807) is 4.90 Å². The van der Waals surface area contributed by atoms with Crippen LogP contribution in [0.25, 0.3) is 0 Å². The Morgan fingerprint density at radius 2 is 1.58 bits per heavy atom. The number of ketones is 1. The normalized spacial score (nSPS) is 48.4. The Hall–Kier alpha value is -0.900. The summed E-state index contributed by atoms with van der Waals surface area (Å²) >= 11 is 0. The molecule has 19 heavy (non-hydrogen) atoms. The maximum Gasteiger partial charge on any atom is 0.291 e. The maximum atomic E-state index is 11.9. The van der Waals surface area contributed by atoms with Gasteiger partial charge in [-0.15, -0.1) is 0 Å². The lowest BCUT2D eigenvalue weighted by molar-refractivity contribution is -0.141. The molecule has 1 aliphatic heterocycles. The summed E-state index contributed by atoms with van der Waals surface area (Å²) in [5, 5.41) is 0. The van der Waals surface area contributed by atoms with Crippen LogP contribution in [-0.4, -0.2) is 35.7 Å². The second-order valence-electron chi connectivity index (χ2n) is 7.28. The molecule has 5 rings (SSSR count). The molecule has 5 fully saturated rings. The average Bonchev–Trinajstić information content (AvgIpc) is 2.60. The van der Waals surface area contributed by atoms with Gasteiger partial charge in [0.2, 0.25) is 5.78 Å². The second-order valence-corrected chi connectivity index (χ2v) is 7.28. The molecule has 0 spiro atoms. The van der Waals surface area contributed by atoms with E-state index < -0.39 is 6.04 Å². The van der Waals surface area contributed by atoms with Crippen molar-refractivity contribution >= 4 is 11.7 Å². The van der Waals surface area contributed by atoms with E-state index in [-0.39, 0.29) is 11.7 Å². The van der Waals surface area contributed by atoms with Gasteiger partial charge in [-0.1, -0.05) is 0 Å². The smallest absolute Gasteiger partial charge is 0.291 e. The fraction of sp³-hybridized carbons (Fsp3) is 0.867. The molecule has 1 atom stereocenters. The van der Waals surface area contributed by atoms with Crippen molar-refractivity contribution in [3.63, 3.8) is 0 Å². The highest BCUT2D eigenvalue weighted by molar-refractivity contribution is 6.40. The largest absolute Gasteiger partial charge is 0.334 e. The topological polar surface area (TPSA) is 63.4 Å². The van der Waals surface area contributed by atoms with Crippen molar-refractivity contribution in [1.29, 1.82) is 0 Å². The van der Waals surface area contributed by atoms with Crippen LogP contribution in [0.3, 0.4) is 0 Å². The molecule has 4 bridgehead atoms. The van der Waals surface area contributed by atoms with Crippen molar-refractivity contribution < 1.29 is 9.59 Å². The number of carbonyl (C=O) groups excluding carboxylic acids is 2. The van der Waals surface area contributed by atoms with Crippen LogP contribution in [0.1, 0.15) is 32.1 Å². The molecule has 4 saturated carbocycles. The van der Waals surface area contributed by atoms with E-state index in [1.165, 1.54) is 32.1 Å². The molecular formula is C15H22N2O2. The molecule has 0 aromatic rings. The number of rotatable bonds is 2. The zero-order chi connectivity index (χ0) is 13.1. The van der Waals surface area contributed by atoms with E-state index in [4.69, 9.17) is 5.73 Å². The highest BCUT2D eigenvalue weighted by Crippen LogP contribution is 2.56. The summed E-state index contributed by atoms with van der Waals surface area (Å²) in [5.74, 6) is 3.43. The number of hydrogen-bond acceptors (Lipinski definition) is 3. The average molecular weight is 262 g/mol. The van der Waals surface area contributed by atoms with Gasteiger partial charge in [0.15, 0.2) is 0 Å². The Kier molecular flexibility index (Phi) is 2.53. The van der Waals surface area contributed by atoms with Gasteiger partial charge in [0.05, 0.1) is 6.04 Å². The van der Waals surface area contributed by atoms with Crippen LogP contribution in [0.5, 0.6) is 0 Å². The van der Waals surface area contributed by atoms with Gasteiger partial charge in [0, 0.05) is 13.1 Å². The molecule has 4 aliphatic carbocycles. The Morgan fingerprint density at radius 1 is 1.00 bits per heavy atom. The van der Waals surface area contributed by atoms with E-state index in [0.717, 1.165) is 30.2 Å². The van der Waals surface area contributed by atoms with Crippen molar-refractivity contribution in [2.75, 3.05) is 13.1 Å². The van der Waals surface area contributed by atoms with Crippen LogP contribution < -0.4 is 5.73 Å². The zero-order valence-electron chi connectivity index (χ0n) is 11.3. The van der Waals surface area contributed by atoms with Crippen LogP contribution in [0.2, 0.25) is 0 Å². The van der Waals surface area contributed by atoms with E-state index in [0.29, 0.717) is 12.5 Å². The van der Waals surface area contributed by atoms with Gasteiger partial charge in [-0.3, -0.25) is 9.59 Å². The summed E-state index contributed by atoms with van der Waals surface area (Å²) in [6.07, 6.45) is 6.89. The fourth-order valence-electron chi connectivity index (χ4n) is 5.47. The van der Waals surface area contributed by atoms with Crippen molar-refractivity contribution in [1.82, 2.24) is 4.90 Å². The van der Waals surface area contributed by atoms with Crippen LogP contribution in [0, 0.1) is 29.6 Å². The van der Waals surface area contributed by atoms with E-state index in [2.05, 4.69) is 0 Å². The zero-order valence-corrected chi connectivity index (χ0v) is 11.3. The van der Waals surface area contributed by atoms with Crippen molar-refractivity contribution in [3.8, 4) is 0 Å². The minimum Gasteiger partial charge on any atom is -0.334 e. The molecule has 1 unspecified atom stereocenters. The number of Topliss-reactive ketones (excluding diaryl/α,β-unsaturated/α-hetero) is 1. The number of hydrogen-bond donors (Lipinski definition) is 1. The van der Waals surface area contributed by atoms with Gasteiger partial charge in [0.1, 0.15) is 0 Å². The number of nitrogens with two attached hydrogens (primary N) is 1. The van der Waals surface area contributed by atoms with Gasteiger partial charge < -0.3 is 10.6 Å². The van der Waals surface area contributed by atoms with Gasteiger partial charge in [0.25, 0.3) is 5.91 Å². The molecular weight excluding hydrogens is 240 g/mol. The molecule has 0 radical (unpaired) electrons. The van der Waals surface area contributed by atoms with Crippen molar-refractivity contribution in [2.45, 2.75) is 38.1 Å². The summed E-state index contributed by atoms with van der Waals surface area (Å²) in [4.78, 5) is 25.2. The molecule has 4 heteroatoms. The maximum absolute atomic E-state index is 11.9. The lowest BCUT2D eigenvalue weighted by Crippen LogP contribution is -2.49. The summed E-state index contributed by atoms with van der Waals surface area (Å²) in [5.41, 5.74) is 5.70. The third-order valence-corrected chi connectivity index (χ3v) is 6.11. The lowest BCUT2D eigenvalue weighted by atomic mass is 9.52. The predicted octanol–water partition coefficient (Wildman–Crippen LogP) is 0.797. The Labute approximate surface area is 113 Å². The summed E-state index contributed by atoms with van der Waals surface area (Å²) in [6, 6.07) is -0.579. The monoisotopic (exact) mass is 262 g/mol. The number of amides is 1. The first kappa shape index (κ1) is 11.9. The number of nitrogens with zero attached hydrogens (tertiary/aromatic N) is 1. The number of carbonyl (C=O) groups is 2. The molecule has 0 aromatic carbocycles. The lowest BCUT2D eigenvalue weighted by Gasteiger charge is -2.55. The van der Waals surface area contributed by atoms with Crippen LogP contribution in [0.4, 0.5) is 0 Å². The Bertz CT molecular complexity index is 406. The van der Waals surface area contributed by atoms with Gasteiger partial charge in [-0.25, -0.2) is 0 Å². The van der Waals surface area contributed by atoms with Crippen LogP contribution in [0.15, 0.2) is 0 Å². The standard InChI is InChI=1S/C15H22N2O2/c16-13-7-17(15(19)14(13)18)6-12-10-2-8-1-9(4-10)5-11(12)3-8/h8-13H,1-7,16H2. The molecule has 0 aromatic heterocycles. The summed E-state index contributed by atoms with van der Waals surface area (Å²) in [7, 11) is 0. The first-order chi connectivity index (χ1) is 9.11. The molecule has 1 amide bonds. The quantitative estimate of drug-likeness (QED) is 0.749. The third kappa shape index (κ3) is 1.76. The molecule has 2 N–H and O–H groups in total. The van der Waals surface area contributed by atoms with E-state index >= 15 is 0 Å². The first-order valence-electron chi connectivity index (χ1n) is 7.70. The minimum absolute atomic E-state index is 0.332. The van der Waals surface area contributed by atoms with E-state index in [9.17, 15) is 9.59 Å².